The van der Waals surface area contributed by atoms with Crippen LogP contribution in [0.5, 0.6) is 0 Å². The Hall–Kier alpha value is -0.0800. The van der Waals surface area contributed by atoms with Crippen molar-refractivity contribution in [3.05, 3.63) is 0 Å². The third-order valence-electron chi connectivity index (χ3n) is 3.94. The topological polar surface area (TPSA) is 29.5 Å². The van der Waals surface area contributed by atoms with Crippen LogP contribution >= 0.6 is 0 Å². The summed E-state index contributed by atoms with van der Waals surface area (Å²) in [6, 6.07) is 0. The molecule has 2 rings (SSSR count). The molecule has 1 aliphatic carbocycles. The summed E-state index contributed by atoms with van der Waals surface area (Å²) in [5.41, 5.74) is 0.134. The van der Waals surface area contributed by atoms with Crippen LogP contribution in [-0.4, -0.2) is 23.9 Å². The van der Waals surface area contributed by atoms with E-state index in [1.807, 2.05) is 0 Å². The molecule has 82 valence electrons. The Balaban J connectivity index is 1.87. The predicted octanol–water partition coefficient (Wildman–Crippen LogP) is 2.35. The van der Waals surface area contributed by atoms with E-state index in [1.54, 1.807) is 0 Å². The van der Waals surface area contributed by atoms with E-state index in [9.17, 15) is 5.11 Å². The third-order valence-corrected chi connectivity index (χ3v) is 3.94. The zero-order valence-corrected chi connectivity index (χ0v) is 9.33. The van der Waals surface area contributed by atoms with Gasteiger partial charge >= 0.3 is 0 Å². The molecular weight excluding hydrogens is 176 g/mol. The lowest BCUT2D eigenvalue weighted by atomic mass is 9.80. The van der Waals surface area contributed by atoms with Crippen molar-refractivity contribution in [2.45, 2.75) is 58.2 Å². The minimum absolute atomic E-state index is 0.134. The van der Waals surface area contributed by atoms with Crippen LogP contribution in [0.15, 0.2) is 0 Å². The van der Waals surface area contributed by atoms with Gasteiger partial charge in [0.1, 0.15) is 0 Å². The highest BCUT2D eigenvalue weighted by atomic mass is 16.5. The summed E-state index contributed by atoms with van der Waals surface area (Å²) < 4.78 is 5.83. The summed E-state index contributed by atoms with van der Waals surface area (Å²) in [7, 11) is 0. The first-order valence-corrected chi connectivity index (χ1v) is 5.90. The molecular formula is C12H22O2. The van der Waals surface area contributed by atoms with Gasteiger partial charge in [-0.2, -0.15) is 0 Å². The molecule has 14 heavy (non-hydrogen) atoms. The van der Waals surface area contributed by atoms with Crippen molar-refractivity contribution in [2.24, 2.45) is 11.3 Å². The van der Waals surface area contributed by atoms with Crippen molar-refractivity contribution >= 4 is 0 Å². The van der Waals surface area contributed by atoms with Gasteiger partial charge in [-0.1, -0.05) is 6.92 Å². The van der Waals surface area contributed by atoms with Gasteiger partial charge in [-0.05, 0) is 50.4 Å². The molecule has 2 nitrogen and oxygen atoms in total. The van der Waals surface area contributed by atoms with Crippen LogP contribution < -0.4 is 0 Å². The fourth-order valence-corrected chi connectivity index (χ4v) is 2.70. The van der Waals surface area contributed by atoms with E-state index in [1.165, 1.54) is 25.7 Å². The lowest BCUT2D eigenvalue weighted by Crippen LogP contribution is -2.29. The summed E-state index contributed by atoms with van der Waals surface area (Å²) in [6.07, 6.45) is 6.88. The van der Waals surface area contributed by atoms with Crippen LogP contribution in [-0.2, 0) is 4.74 Å². The monoisotopic (exact) mass is 198 g/mol. The molecule has 2 heteroatoms. The van der Waals surface area contributed by atoms with Gasteiger partial charge in [0, 0.05) is 6.61 Å². The standard InChI is InChI=1S/C12H22O2/c1-9-3-6-11(14-9)7-12(2,8-13)10-4-5-10/h9-11,13H,3-8H2,1-2H3. The van der Waals surface area contributed by atoms with Crippen LogP contribution in [0.25, 0.3) is 0 Å². The SMILES string of the molecule is CC1CCC(CC(C)(CO)C2CC2)O1. The van der Waals surface area contributed by atoms with E-state index in [-0.39, 0.29) is 5.41 Å². The molecule has 1 heterocycles. The van der Waals surface area contributed by atoms with E-state index in [2.05, 4.69) is 13.8 Å². The van der Waals surface area contributed by atoms with Crippen molar-refractivity contribution in [3.8, 4) is 0 Å². The average molecular weight is 198 g/mol. The molecule has 0 aromatic carbocycles. The smallest absolute Gasteiger partial charge is 0.0585 e. The summed E-state index contributed by atoms with van der Waals surface area (Å²) in [5.74, 6) is 0.756. The average Bonchev–Trinajstić information content (AvgIpc) is 2.93. The van der Waals surface area contributed by atoms with Gasteiger partial charge in [0.25, 0.3) is 0 Å². The second-order valence-corrected chi connectivity index (χ2v) is 5.44. The maximum absolute atomic E-state index is 9.47. The summed E-state index contributed by atoms with van der Waals surface area (Å²) in [5, 5.41) is 9.47. The van der Waals surface area contributed by atoms with Gasteiger partial charge in [-0.25, -0.2) is 0 Å². The first-order chi connectivity index (χ1) is 6.64. The largest absolute Gasteiger partial charge is 0.396 e. The Morgan fingerprint density at radius 2 is 2.00 bits per heavy atom. The zero-order chi connectivity index (χ0) is 10.2. The Kier molecular flexibility index (Phi) is 2.85. The first-order valence-electron chi connectivity index (χ1n) is 5.90. The minimum atomic E-state index is 0.134. The van der Waals surface area contributed by atoms with Gasteiger partial charge in [0.15, 0.2) is 0 Å². The summed E-state index contributed by atoms with van der Waals surface area (Å²) >= 11 is 0. The van der Waals surface area contributed by atoms with E-state index >= 15 is 0 Å². The normalized spacial score (nSPS) is 37.1. The fourth-order valence-electron chi connectivity index (χ4n) is 2.70. The molecule has 0 spiro atoms. The van der Waals surface area contributed by atoms with Gasteiger partial charge in [0.2, 0.25) is 0 Å². The summed E-state index contributed by atoms with van der Waals surface area (Å²) in [4.78, 5) is 0. The number of aliphatic hydroxyl groups excluding tert-OH is 1. The molecule has 3 unspecified atom stereocenters. The van der Waals surface area contributed by atoms with Crippen molar-refractivity contribution < 1.29 is 9.84 Å². The maximum atomic E-state index is 9.47. The molecule has 1 saturated carbocycles. The van der Waals surface area contributed by atoms with Gasteiger partial charge < -0.3 is 9.84 Å². The predicted molar refractivity (Wildman–Crippen MR) is 56.1 cm³/mol. The molecule has 1 saturated heterocycles. The highest BCUT2D eigenvalue weighted by Gasteiger charge is 2.43. The highest BCUT2D eigenvalue weighted by molar-refractivity contribution is 4.93. The van der Waals surface area contributed by atoms with Crippen LogP contribution in [0.4, 0.5) is 0 Å². The Morgan fingerprint density at radius 3 is 2.43 bits per heavy atom. The molecule has 2 aliphatic rings. The van der Waals surface area contributed by atoms with Gasteiger partial charge in [0.05, 0.1) is 12.2 Å². The summed E-state index contributed by atoms with van der Waals surface area (Å²) in [6.45, 7) is 4.69. The lowest BCUT2D eigenvalue weighted by Gasteiger charge is -2.30. The molecule has 1 aliphatic heterocycles. The van der Waals surface area contributed by atoms with Gasteiger partial charge in [-0.15, -0.1) is 0 Å². The fraction of sp³-hybridized carbons (Fsp3) is 1.00. The molecule has 0 aromatic heterocycles. The quantitative estimate of drug-likeness (QED) is 0.751. The molecule has 1 N–H and O–H groups in total. The van der Waals surface area contributed by atoms with Crippen LogP contribution in [0.1, 0.15) is 46.0 Å². The molecule has 0 radical (unpaired) electrons. The van der Waals surface area contributed by atoms with E-state index in [4.69, 9.17) is 4.74 Å². The second kappa shape index (κ2) is 3.82. The number of hydrogen-bond donors (Lipinski definition) is 1. The first kappa shape index (κ1) is 10.4. The molecule has 2 fully saturated rings. The van der Waals surface area contributed by atoms with Crippen molar-refractivity contribution in [3.63, 3.8) is 0 Å². The Morgan fingerprint density at radius 1 is 1.29 bits per heavy atom. The van der Waals surface area contributed by atoms with Crippen LogP contribution in [0, 0.1) is 11.3 Å². The van der Waals surface area contributed by atoms with E-state index in [0.717, 1.165) is 12.3 Å². The maximum Gasteiger partial charge on any atom is 0.0585 e. The second-order valence-electron chi connectivity index (χ2n) is 5.44. The van der Waals surface area contributed by atoms with Gasteiger partial charge in [-0.3, -0.25) is 0 Å². The van der Waals surface area contributed by atoms with Crippen LogP contribution in [0.3, 0.4) is 0 Å². The number of aliphatic hydroxyl groups is 1. The van der Waals surface area contributed by atoms with E-state index in [0.29, 0.717) is 18.8 Å². The molecule has 0 bridgehead atoms. The van der Waals surface area contributed by atoms with Crippen molar-refractivity contribution in [1.29, 1.82) is 0 Å². The molecule has 0 amide bonds. The van der Waals surface area contributed by atoms with Crippen LogP contribution in [0.2, 0.25) is 0 Å². The third kappa shape index (κ3) is 2.12. The molecule has 3 atom stereocenters. The number of rotatable bonds is 4. The number of hydrogen-bond acceptors (Lipinski definition) is 2. The zero-order valence-electron chi connectivity index (χ0n) is 9.33. The highest BCUT2D eigenvalue weighted by Crippen LogP contribution is 2.49. The minimum Gasteiger partial charge on any atom is -0.396 e. The van der Waals surface area contributed by atoms with E-state index < -0.39 is 0 Å². The number of ether oxygens (including phenoxy) is 1. The van der Waals surface area contributed by atoms with Crippen molar-refractivity contribution in [2.75, 3.05) is 6.61 Å². The van der Waals surface area contributed by atoms with Crippen molar-refractivity contribution in [1.82, 2.24) is 0 Å². The lowest BCUT2D eigenvalue weighted by molar-refractivity contribution is 0.00166. The molecule has 0 aromatic rings. The Labute approximate surface area is 86.6 Å². The Bertz CT molecular complexity index is 200.